The molecule has 0 saturated carbocycles. The molecule has 0 aliphatic carbocycles. The minimum Gasteiger partial charge on any atom is -0.271 e. The van der Waals surface area contributed by atoms with Crippen molar-refractivity contribution in [1.29, 1.82) is 0 Å². The van der Waals surface area contributed by atoms with Crippen molar-refractivity contribution >= 4 is 23.2 Å². The number of hydrogen-bond donors (Lipinski definition) is 2. The SMILES string of the molecule is Cn1ncc(Cl)c1C(NN)c1c(F)cccc1Cl. The number of nitrogens with zero attached hydrogens (tertiary/aromatic N) is 2. The molecule has 2 aromatic rings. The van der Waals surface area contributed by atoms with Crippen LogP contribution in [-0.4, -0.2) is 9.78 Å². The van der Waals surface area contributed by atoms with Crippen LogP contribution in [0.5, 0.6) is 0 Å². The number of rotatable bonds is 3. The first kappa shape index (κ1) is 13.3. The maximum Gasteiger partial charge on any atom is 0.129 e. The fourth-order valence-electron chi connectivity index (χ4n) is 1.83. The van der Waals surface area contributed by atoms with E-state index in [4.69, 9.17) is 29.0 Å². The molecule has 0 aliphatic rings. The van der Waals surface area contributed by atoms with E-state index < -0.39 is 11.9 Å². The second kappa shape index (κ2) is 5.24. The lowest BCUT2D eigenvalue weighted by atomic mass is 10.0. The third-order valence-corrected chi connectivity index (χ3v) is 3.29. The highest BCUT2D eigenvalue weighted by Crippen LogP contribution is 2.33. The smallest absolute Gasteiger partial charge is 0.129 e. The van der Waals surface area contributed by atoms with E-state index in [1.807, 2.05) is 0 Å². The Balaban J connectivity index is 2.59. The minimum absolute atomic E-state index is 0.243. The summed E-state index contributed by atoms with van der Waals surface area (Å²) in [5.41, 5.74) is 3.30. The summed E-state index contributed by atoms with van der Waals surface area (Å²) in [6.45, 7) is 0. The summed E-state index contributed by atoms with van der Waals surface area (Å²) in [7, 11) is 1.69. The van der Waals surface area contributed by atoms with Crippen LogP contribution in [0.2, 0.25) is 10.0 Å². The molecule has 0 radical (unpaired) electrons. The molecule has 0 aliphatic heterocycles. The molecule has 1 aromatic heterocycles. The van der Waals surface area contributed by atoms with Crippen LogP contribution < -0.4 is 11.3 Å². The van der Waals surface area contributed by atoms with Crippen LogP contribution in [0.15, 0.2) is 24.4 Å². The van der Waals surface area contributed by atoms with Gasteiger partial charge in [0.25, 0.3) is 0 Å². The topological polar surface area (TPSA) is 55.9 Å². The highest BCUT2D eigenvalue weighted by molar-refractivity contribution is 6.32. The molecular formula is C11H11Cl2FN4. The van der Waals surface area contributed by atoms with Crippen LogP contribution in [0.25, 0.3) is 0 Å². The Bertz CT molecular complexity index is 530. The summed E-state index contributed by atoms with van der Waals surface area (Å²) < 4.78 is 15.4. The van der Waals surface area contributed by atoms with Crippen LogP contribution in [0, 0.1) is 5.82 Å². The molecule has 1 aromatic carbocycles. The maximum absolute atomic E-state index is 13.9. The normalized spacial score (nSPS) is 12.7. The predicted molar refractivity (Wildman–Crippen MR) is 68.8 cm³/mol. The zero-order valence-corrected chi connectivity index (χ0v) is 11.0. The lowest BCUT2D eigenvalue weighted by molar-refractivity contribution is 0.533. The Labute approximate surface area is 113 Å². The third kappa shape index (κ3) is 2.22. The molecular weight excluding hydrogens is 278 g/mol. The minimum atomic E-state index is -0.668. The van der Waals surface area contributed by atoms with E-state index in [1.165, 1.54) is 23.0 Å². The van der Waals surface area contributed by atoms with Gasteiger partial charge in [0, 0.05) is 17.6 Å². The van der Waals surface area contributed by atoms with Crippen LogP contribution in [-0.2, 0) is 7.05 Å². The first-order chi connectivity index (χ1) is 8.56. The molecule has 1 heterocycles. The van der Waals surface area contributed by atoms with Gasteiger partial charge in [-0.3, -0.25) is 10.5 Å². The molecule has 7 heteroatoms. The second-order valence-corrected chi connectivity index (χ2v) is 4.55. The molecule has 18 heavy (non-hydrogen) atoms. The van der Waals surface area contributed by atoms with E-state index in [1.54, 1.807) is 13.1 Å². The maximum atomic E-state index is 13.9. The highest BCUT2D eigenvalue weighted by atomic mass is 35.5. The molecule has 3 N–H and O–H groups in total. The fraction of sp³-hybridized carbons (Fsp3) is 0.182. The van der Waals surface area contributed by atoms with Gasteiger partial charge in [0.2, 0.25) is 0 Å². The van der Waals surface area contributed by atoms with Gasteiger partial charge < -0.3 is 0 Å². The fourth-order valence-corrected chi connectivity index (χ4v) is 2.38. The van der Waals surface area contributed by atoms with Gasteiger partial charge in [-0.2, -0.15) is 5.10 Å². The third-order valence-electron chi connectivity index (χ3n) is 2.67. The first-order valence-electron chi connectivity index (χ1n) is 5.13. The molecule has 0 amide bonds. The molecule has 0 fully saturated rings. The first-order valence-corrected chi connectivity index (χ1v) is 5.89. The zero-order chi connectivity index (χ0) is 13.3. The van der Waals surface area contributed by atoms with Gasteiger partial charge in [0.05, 0.1) is 23.0 Å². The Morgan fingerprint density at radius 1 is 1.39 bits per heavy atom. The van der Waals surface area contributed by atoms with Gasteiger partial charge in [-0.15, -0.1) is 0 Å². The summed E-state index contributed by atoms with van der Waals surface area (Å²) >= 11 is 12.0. The second-order valence-electron chi connectivity index (χ2n) is 3.74. The van der Waals surface area contributed by atoms with Crippen LogP contribution >= 0.6 is 23.2 Å². The standard InChI is InChI=1S/C11H11Cl2FN4/c1-18-11(7(13)5-16-18)10(17-15)9-6(12)3-2-4-8(9)14/h2-5,10,17H,15H2,1H3. The summed E-state index contributed by atoms with van der Waals surface area (Å²) in [6, 6.07) is 3.77. The molecule has 0 saturated heterocycles. The van der Waals surface area contributed by atoms with E-state index >= 15 is 0 Å². The zero-order valence-electron chi connectivity index (χ0n) is 9.49. The number of benzene rings is 1. The number of nitrogens with two attached hydrogens (primary N) is 1. The van der Waals surface area contributed by atoms with Crippen molar-refractivity contribution in [2.75, 3.05) is 0 Å². The van der Waals surface area contributed by atoms with Gasteiger partial charge >= 0.3 is 0 Å². The van der Waals surface area contributed by atoms with E-state index in [9.17, 15) is 4.39 Å². The Morgan fingerprint density at radius 3 is 2.61 bits per heavy atom. The van der Waals surface area contributed by atoms with E-state index in [-0.39, 0.29) is 10.6 Å². The van der Waals surface area contributed by atoms with E-state index in [0.717, 1.165) is 0 Å². The van der Waals surface area contributed by atoms with Gasteiger partial charge in [-0.25, -0.2) is 9.82 Å². The van der Waals surface area contributed by atoms with E-state index in [0.29, 0.717) is 10.7 Å². The molecule has 0 spiro atoms. The average Bonchev–Trinajstić information content (AvgIpc) is 2.65. The van der Waals surface area contributed by atoms with Crippen LogP contribution in [0.4, 0.5) is 4.39 Å². The number of hydrazine groups is 1. The number of nitrogens with one attached hydrogen (secondary N) is 1. The molecule has 1 unspecified atom stereocenters. The van der Waals surface area contributed by atoms with Crippen LogP contribution in [0.1, 0.15) is 17.3 Å². The molecule has 96 valence electrons. The highest BCUT2D eigenvalue weighted by Gasteiger charge is 2.24. The molecule has 1 atom stereocenters. The number of aryl methyl sites for hydroxylation is 1. The summed E-state index contributed by atoms with van der Waals surface area (Å²) in [5.74, 6) is 5.04. The van der Waals surface area contributed by atoms with Crippen molar-refractivity contribution in [3.05, 3.63) is 51.5 Å². The predicted octanol–water partition coefficient (Wildman–Crippen LogP) is 2.42. The van der Waals surface area contributed by atoms with Crippen LogP contribution in [0.3, 0.4) is 0 Å². The molecule has 0 bridgehead atoms. The van der Waals surface area contributed by atoms with Gasteiger partial charge in [-0.05, 0) is 12.1 Å². The quantitative estimate of drug-likeness (QED) is 0.674. The van der Waals surface area contributed by atoms with Crippen molar-refractivity contribution in [2.24, 2.45) is 12.9 Å². The van der Waals surface area contributed by atoms with Gasteiger partial charge in [0.15, 0.2) is 0 Å². The van der Waals surface area contributed by atoms with Crippen molar-refractivity contribution in [3.8, 4) is 0 Å². The number of halogens is 3. The Morgan fingerprint density at radius 2 is 2.11 bits per heavy atom. The monoisotopic (exact) mass is 288 g/mol. The summed E-state index contributed by atoms with van der Waals surface area (Å²) in [4.78, 5) is 0. The van der Waals surface area contributed by atoms with Gasteiger partial charge in [0.1, 0.15) is 5.82 Å². The van der Waals surface area contributed by atoms with E-state index in [2.05, 4.69) is 10.5 Å². The Hall–Kier alpha value is -1.14. The largest absolute Gasteiger partial charge is 0.271 e. The van der Waals surface area contributed by atoms with Crippen molar-refractivity contribution in [3.63, 3.8) is 0 Å². The van der Waals surface area contributed by atoms with Crippen molar-refractivity contribution < 1.29 is 4.39 Å². The number of aromatic nitrogens is 2. The Kier molecular flexibility index (Phi) is 3.87. The van der Waals surface area contributed by atoms with Crippen molar-refractivity contribution in [1.82, 2.24) is 15.2 Å². The lowest BCUT2D eigenvalue weighted by Gasteiger charge is -2.19. The average molecular weight is 289 g/mol. The summed E-state index contributed by atoms with van der Waals surface area (Å²) in [5, 5.41) is 4.66. The number of hydrogen-bond acceptors (Lipinski definition) is 3. The van der Waals surface area contributed by atoms with Crippen molar-refractivity contribution in [2.45, 2.75) is 6.04 Å². The summed E-state index contributed by atoms with van der Waals surface area (Å²) in [6.07, 6.45) is 1.47. The lowest BCUT2D eigenvalue weighted by Crippen LogP contribution is -2.31. The molecule has 4 nitrogen and oxygen atoms in total. The van der Waals surface area contributed by atoms with Gasteiger partial charge in [-0.1, -0.05) is 29.3 Å². The molecule has 2 rings (SSSR count).